The van der Waals surface area contributed by atoms with Crippen LogP contribution in [0.5, 0.6) is 0 Å². The largest absolute Gasteiger partial charge is 0.347 e. The van der Waals surface area contributed by atoms with Gasteiger partial charge in [0.15, 0.2) is 0 Å². The lowest BCUT2D eigenvalue weighted by Crippen LogP contribution is -2.24. The van der Waals surface area contributed by atoms with Crippen LogP contribution in [0, 0.1) is 0 Å². The van der Waals surface area contributed by atoms with Gasteiger partial charge >= 0.3 is 0 Å². The first-order chi connectivity index (χ1) is 11.7. The molecular weight excluding hydrogens is 368 g/mol. The molecule has 1 heterocycles. The predicted molar refractivity (Wildman–Crippen MR) is 97.1 cm³/mol. The van der Waals surface area contributed by atoms with E-state index in [1.807, 2.05) is 54.6 Å². The first-order valence-electron chi connectivity index (χ1n) is 7.38. The molecule has 6 heteroatoms. The minimum atomic E-state index is -0.236. The predicted octanol–water partition coefficient (Wildman–Crippen LogP) is 3.91. The van der Waals surface area contributed by atoms with E-state index in [1.54, 1.807) is 12.3 Å². The quantitative estimate of drug-likeness (QED) is 0.701. The number of hydrogen-bond donors (Lipinski definition) is 2. The number of aromatic nitrogens is 2. The van der Waals surface area contributed by atoms with Crippen LogP contribution in [0.2, 0.25) is 0 Å². The summed E-state index contributed by atoms with van der Waals surface area (Å²) in [4.78, 5) is 20.6. The number of nitrogens with zero attached hydrogens (tertiary/aromatic N) is 2. The van der Waals surface area contributed by atoms with Crippen molar-refractivity contribution in [2.24, 2.45) is 0 Å². The molecule has 5 nitrogen and oxygen atoms in total. The first kappa shape index (κ1) is 16.1. The van der Waals surface area contributed by atoms with Gasteiger partial charge in [-0.15, -0.1) is 0 Å². The molecule has 0 bridgehead atoms. The molecule has 0 saturated heterocycles. The summed E-state index contributed by atoms with van der Waals surface area (Å²) in [7, 11) is 0. The van der Waals surface area contributed by atoms with Gasteiger partial charge in [0.2, 0.25) is 5.95 Å². The molecular formula is C18H15BrN4O. The Balaban J connectivity index is 1.65. The molecule has 120 valence electrons. The number of amides is 1. The van der Waals surface area contributed by atoms with E-state index < -0.39 is 0 Å². The minimum Gasteiger partial charge on any atom is -0.347 e. The molecule has 3 rings (SSSR count). The van der Waals surface area contributed by atoms with E-state index in [0.29, 0.717) is 18.2 Å². The number of benzene rings is 2. The molecule has 1 aromatic heterocycles. The fraction of sp³-hybridized carbons (Fsp3) is 0.0556. The third-order valence-corrected chi connectivity index (χ3v) is 3.81. The van der Waals surface area contributed by atoms with E-state index in [0.717, 1.165) is 15.7 Å². The maximum atomic E-state index is 12.2. The fourth-order valence-corrected chi connectivity index (χ4v) is 2.34. The Labute approximate surface area is 148 Å². The third-order valence-electron chi connectivity index (χ3n) is 3.28. The van der Waals surface area contributed by atoms with Crippen molar-refractivity contribution in [3.63, 3.8) is 0 Å². The summed E-state index contributed by atoms with van der Waals surface area (Å²) in [6.07, 6.45) is 1.56. The highest BCUT2D eigenvalue weighted by Crippen LogP contribution is 2.17. The van der Waals surface area contributed by atoms with Crippen LogP contribution in [-0.4, -0.2) is 15.9 Å². The van der Waals surface area contributed by atoms with Crippen LogP contribution in [0.1, 0.15) is 16.1 Å². The molecule has 24 heavy (non-hydrogen) atoms. The zero-order chi connectivity index (χ0) is 16.8. The number of nitrogens with one attached hydrogen (secondary N) is 2. The lowest BCUT2D eigenvalue weighted by molar-refractivity contribution is 0.0946. The minimum absolute atomic E-state index is 0.236. The number of halogens is 1. The Morgan fingerprint density at radius 1 is 1.00 bits per heavy atom. The van der Waals surface area contributed by atoms with E-state index in [2.05, 4.69) is 36.5 Å². The van der Waals surface area contributed by atoms with Crippen LogP contribution in [0.4, 0.5) is 11.6 Å². The van der Waals surface area contributed by atoms with Crippen molar-refractivity contribution in [1.29, 1.82) is 0 Å². The number of carbonyl (C=O) groups excluding carboxylic acids is 1. The van der Waals surface area contributed by atoms with Crippen molar-refractivity contribution in [2.75, 3.05) is 5.32 Å². The van der Waals surface area contributed by atoms with Crippen molar-refractivity contribution in [1.82, 2.24) is 15.3 Å². The van der Waals surface area contributed by atoms with Crippen LogP contribution in [0.3, 0.4) is 0 Å². The SMILES string of the molecule is O=C(NCc1ccccc1)c1ccnc(Nc2ccc(Br)cc2)n1. The van der Waals surface area contributed by atoms with Gasteiger partial charge in [0, 0.05) is 22.9 Å². The standard InChI is InChI=1S/C18H15BrN4O/c19-14-6-8-15(9-7-14)22-18-20-11-10-16(23-18)17(24)21-12-13-4-2-1-3-5-13/h1-11H,12H2,(H,21,24)(H,20,22,23). The lowest BCUT2D eigenvalue weighted by Gasteiger charge is -2.07. The van der Waals surface area contributed by atoms with E-state index >= 15 is 0 Å². The summed E-state index contributed by atoms with van der Waals surface area (Å²) in [6, 6.07) is 19.0. The summed E-state index contributed by atoms with van der Waals surface area (Å²) < 4.78 is 0.989. The van der Waals surface area contributed by atoms with Gasteiger partial charge in [-0.1, -0.05) is 46.3 Å². The van der Waals surface area contributed by atoms with E-state index in [-0.39, 0.29) is 5.91 Å². The van der Waals surface area contributed by atoms with Crippen LogP contribution >= 0.6 is 15.9 Å². The molecule has 0 aliphatic heterocycles. The second kappa shape index (κ2) is 7.70. The molecule has 0 atom stereocenters. The highest BCUT2D eigenvalue weighted by atomic mass is 79.9. The fourth-order valence-electron chi connectivity index (χ4n) is 2.08. The zero-order valence-electron chi connectivity index (χ0n) is 12.7. The molecule has 0 saturated carbocycles. The highest BCUT2D eigenvalue weighted by Gasteiger charge is 2.08. The second-order valence-electron chi connectivity index (χ2n) is 5.07. The van der Waals surface area contributed by atoms with Crippen LogP contribution in [-0.2, 0) is 6.54 Å². The highest BCUT2D eigenvalue weighted by molar-refractivity contribution is 9.10. The molecule has 3 aromatic rings. The molecule has 0 unspecified atom stereocenters. The lowest BCUT2D eigenvalue weighted by atomic mass is 10.2. The van der Waals surface area contributed by atoms with Crippen LogP contribution < -0.4 is 10.6 Å². The van der Waals surface area contributed by atoms with E-state index in [4.69, 9.17) is 0 Å². The van der Waals surface area contributed by atoms with Crippen molar-refractivity contribution >= 4 is 33.5 Å². The molecule has 0 aliphatic rings. The third kappa shape index (κ3) is 4.39. The zero-order valence-corrected chi connectivity index (χ0v) is 14.3. The Hall–Kier alpha value is -2.73. The number of rotatable bonds is 5. The maximum Gasteiger partial charge on any atom is 0.270 e. The molecule has 2 N–H and O–H groups in total. The average molecular weight is 383 g/mol. The summed E-state index contributed by atoms with van der Waals surface area (Å²) >= 11 is 3.39. The van der Waals surface area contributed by atoms with Crippen LogP contribution in [0.15, 0.2) is 71.3 Å². The number of anilines is 2. The Morgan fingerprint density at radius 3 is 2.50 bits per heavy atom. The van der Waals surface area contributed by atoms with Crippen molar-refractivity contribution < 1.29 is 4.79 Å². The van der Waals surface area contributed by atoms with Crippen molar-refractivity contribution in [2.45, 2.75) is 6.54 Å². The second-order valence-corrected chi connectivity index (χ2v) is 5.98. The van der Waals surface area contributed by atoms with Gasteiger partial charge < -0.3 is 10.6 Å². The molecule has 0 aliphatic carbocycles. The van der Waals surface area contributed by atoms with Gasteiger partial charge in [0.05, 0.1) is 0 Å². The Morgan fingerprint density at radius 2 is 1.75 bits per heavy atom. The number of carbonyl (C=O) groups is 1. The molecule has 0 spiro atoms. The molecule has 1 amide bonds. The van der Waals surface area contributed by atoms with Crippen molar-refractivity contribution in [3.05, 3.63) is 82.6 Å². The van der Waals surface area contributed by atoms with E-state index in [1.165, 1.54) is 0 Å². The van der Waals surface area contributed by atoms with Gasteiger partial charge in [-0.25, -0.2) is 9.97 Å². The Bertz CT molecular complexity index is 822. The summed E-state index contributed by atoms with van der Waals surface area (Å²) in [5.74, 6) is 0.143. The van der Waals surface area contributed by atoms with Gasteiger partial charge in [0.1, 0.15) is 5.69 Å². The molecule has 0 fully saturated rings. The Kier molecular flexibility index (Phi) is 5.18. The van der Waals surface area contributed by atoms with E-state index in [9.17, 15) is 4.79 Å². The molecule has 2 aromatic carbocycles. The van der Waals surface area contributed by atoms with Gasteiger partial charge in [-0.2, -0.15) is 0 Å². The summed E-state index contributed by atoms with van der Waals surface area (Å²) in [5.41, 5.74) is 2.20. The monoisotopic (exact) mass is 382 g/mol. The van der Waals surface area contributed by atoms with Crippen molar-refractivity contribution in [3.8, 4) is 0 Å². The molecule has 0 radical (unpaired) electrons. The number of hydrogen-bond acceptors (Lipinski definition) is 4. The van der Waals surface area contributed by atoms with Gasteiger partial charge in [0.25, 0.3) is 5.91 Å². The smallest absolute Gasteiger partial charge is 0.270 e. The summed E-state index contributed by atoms with van der Waals surface area (Å²) in [6.45, 7) is 0.457. The van der Waals surface area contributed by atoms with Gasteiger partial charge in [-0.3, -0.25) is 4.79 Å². The topological polar surface area (TPSA) is 66.9 Å². The normalized spacial score (nSPS) is 10.2. The average Bonchev–Trinajstić information content (AvgIpc) is 2.63. The van der Waals surface area contributed by atoms with Gasteiger partial charge in [-0.05, 0) is 35.9 Å². The summed E-state index contributed by atoms with van der Waals surface area (Å²) in [5, 5.41) is 5.93. The van der Waals surface area contributed by atoms with Crippen LogP contribution in [0.25, 0.3) is 0 Å². The first-order valence-corrected chi connectivity index (χ1v) is 8.18. The maximum absolute atomic E-state index is 12.2.